The maximum Gasteiger partial charge on any atom is 0.337 e. The molecule has 0 fully saturated rings. The Kier molecular flexibility index (Phi) is 6.81. The van der Waals surface area contributed by atoms with Crippen LogP contribution in [-0.2, 0) is 27.2 Å². The lowest BCUT2D eigenvalue weighted by molar-refractivity contribution is -0.127. The van der Waals surface area contributed by atoms with Gasteiger partial charge in [0.15, 0.2) is 0 Å². The second-order valence-corrected chi connectivity index (χ2v) is 8.98. The van der Waals surface area contributed by atoms with E-state index in [4.69, 9.17) is 9.47 Å². The zero-order valence-corrected chi connectivity index (χ0v) is 20.8. The average molecular weight is 475 g/mol. The Morgan fingerprint density at radius 2 is 2.03 bits per heavy atom. The fourth-order valence-corrected chi connectivity index (χ4v) is 5.04. The molecule has 182 valence electrons. The molecule has 0 radical (unpaired) electrons. The monoisotopic (exact) mass is 474 g/mol. The van der Waals surface area contributed by atoms with Crippen molar-refractivity contribution in [3.63, 3.8) is 0 Å². The number of benzene rings is 1. The number of aryl methyl sites for hydroxylation is 1. The third-order valence-corrected chi connectivity index (χ3v) is 6.71. The van der Waals surface area contributed by atoms with Crippen molar-refractivity contribution in [2.45, 2.75) is 39.8 Å². The number of aromatic amines is 1. The van der Waals surface area contributed by atoms with Crippen LogP contribution in [0, 0.1) is 25.2 Å². The number of amides is 1. The number of carbonyl (C=O) groups excluding carboxylic acids is 2. The molecule has 1 aliphatic heterocycles. The largest absolute Gasteiger partial charge is 0.465 e. The Bertz CT molecular complexity index is 1370. The summed E-state index contributed by atoms with van der Waals surface area (Å²) < 4.78 is 12.3. The van der Waals surface area contributed by atoms with Gasteiger partial charge in [0.1, 0.15) is 11.6 Å². The maximum absolute atomic E-state index is 13.4. The number of hydrogen-bond acceptors (Lipinski definition) is 5. The number of aromatic nitrogens is 2. The molecular weight excluding hydrogens is 444 g/mol. The second-order valence-electron chi connectivity index (χ2n) is 8.98. The molecule has 0 saturated heterocycles. The molecule has 0 saturated carbocycles. The molecule has 8 heteroatoms. The summed E-state index contributed by atoms with van der Waals surface area (Å²) in [7, 11) is 3.02. The first-order chi connectivity index (χ1) is 16.8. The van der Waals surface area contributed by atoms with Crippen molar-refractivity contribution in [3.05, 3.63) is 63.6 Å². The summed E-state index contributed by atoms with van der Waals surface area (Å²) in [5, 5.41) is 10.7. The average Bonchev–Trinajstić information content (AvgIpc) is 3.36. The van der Waals surface area contributed by atoms with E-state index in [0.29, 0.717) is 31.7 Å². The van der Waals surface area contributed by atoms with E-state index >= 15 is 0 Å². The van der Waals surface area contributed by atoms with Crippen molar-refractivity contribution in [3.8, 4) is 6.07 Å². The molecule has 0 aliphatic carbocycles. The fraction of sp³-hybridized carbons (Fsp3) is 0.370. The summed E-state index contributed by atoms with van der Waals surface area (Å²) in [6.45, 7) is 7.51. The number of H-pyrrole nitrogens is 1. The minimum Gasteiger partial charge on any atom is -0.465 e. The molecule has 1 atom stereocenters. The smallest absolute Gasteiger partial charge is 0.337 e. The van der Waals surface area contributed by atoms with Crippen LogP contribution in [0.2, 0.25) is 0 Å². The van der Waals surface area contributed by atoms with Gasteiger partial charge in [0.05, 0.1) is 25.3 Å². The molecule has 35 heavy (non-hydrogen) atoms. The number of carbonyl (C=O) groups is 2. The molecule has 3 heterocycles. The number of esters is 1. The predicted octanol–water partition coefficient (Wildman–Crippen LogP) is 4.07. The Hall–Kier alpha value is -3.83. The van der Waals surface area contributed by atoms with Gasteiger partial charge >= 0.3 is 5.97 Å². The van der Waals surface area contributed by atoms with Crippen LogP contribution >= 0.6 is 0 Å². The van der Waals surface area contributed by atoms with Crippen LogP contribution in [0.25, 0.3) is 17.0 Å². The standard InChI is InChI=1S/C27H30N4O4/c1-16-10-20(18(3)31(16)17(2)15-34-4)11-21(13-28)26(32)30-9-8-25-23(14-30)22-12-19(27(33)35-5)6-7-24(22)29-25/h6-7,10-12,17,29H,8-9,14-15H2,1-5H3/b21-11-. The number of nitrogens with zero attached hydrogens (tertiary/aromatic N) is 3. The highest BCUT2D eigenvalue weighted by molar-refractivity contribution is 6.02. The SMILES string of the molecule is COCC(C)n1c(C)cc(/C=C(/C#N)C(=O)N2CCc3[nH]c4ccc(C(=O)OC)cc4c3C2)c1C. The van der Waals surface area contributed by atoms with E-state index in [9.17, 15) is 14.9 Å². The Balaban J connectivity index is 1.63. The van der Waals surface area contributed by atoms with Crippen molar-refractivity contribution >= 4 is 28.9 Å². The molecule has 1 aliphatic rings. The molecule has 3 aromatic rings. The minimum absolute atomic E-state index is 0.100. The summed E-state index contributed by atoms with van der Waals surface area (Å²) in [6, 6.07) is 9.61. The first-order valence-corrected chi connectivity index (χ1v) is 11.6. The normalized spacial score (nSPS) is 14.5. The van der Waals surface area contributed by atoms with Crippen LogP contribution in [0.3, 0.4) is 0 Å². The lowest BCUT2D eigenvalue weighted by Crippen LogP contribution is -2.36. The zero-order valence-electron chi connectivity index (χ0n) is 20.8. The van der Waals surface area contributed by atoms with Gasteiger partial charge in [-0.3, -0.25) is 4.79 Å². The summed E-state index contributed by atoms with van der Waals surface area (Å²) >= 11 is 0. The lowest BCUT2D eigenvalue weighted by atomic mass is 10.0. The molecular formula is C27H30N4O4. The van der Waals surface area contributed by atoms with Gasteiger partial charge in [-0.2, -0.15) is 5.26 Å². The van der Waals surface area contributed by atoms with Crippen molar-refractivity contribution in [2.24, 2.45) is 0 Å². The maximum atomic E-state index is 13.4. The van der Waals surface area contributed by atoms with Crippen LogP contribution in [0.4, 0.5) is 0 Å². The predicted molar refractivity (Wildman–Crippen MR) is 133 cm³/mol. The molecule has 0 spiro atoms. The Labute approximate surface area is 204 Å². The highest BCUT2D eigenvalue weighted by atomic mass is 16.5. The summed E-state index contributed by atoms with van der Waals surface area (Å²) in [6.07, 6.45) is 2.33. The molecule has 1 N–H and O–H groups in total. The van der Waals surface area contributed by atoms with E-state index in [0.717, 1.165) is 39.1 Å². The molecule has 1 unspecified atom stereocenters. The van der Waals surface area contributed by atoms with Crippen LogP contribution in [0.15, 0.2) is 29.8 Å². The Morgan fingerprint density at radius 3 is 2.71 bits per heavy atom. The van der Waals surface area contributed by atoms with Crippen molar-refractivity contribution in [1.82, 2.24) is 14.5 Å². The number of nitriles is 1. The molecule has 8 nitrogen and oxygen atoms in total. The summed E-state index contributed by atoms with van der Waals surface area (Å²) in [5.41, 5.74) is 6.36. The van der Waals surface area contributed by atoms with Crippen molar-refractivity contribution in [2.75, 3.05) is 27.4 Å². The first kappa shape index (κ1) is 24.3. The van der Waals surface area contributed by atoms with Gasteiger partial charge < -0.3 is 23.9 Å². The number of fused-ring (bicyclic) bond motifs is 3. The van der Waals surface area contributed by atoms with E-state index < -0.39 is 5.97 Å². The van der Waals surface area contributed by atoms with E-state index in [1.54, 1.807) is 30.2 Å². The van der Waals surface area contributed by atoms with Gasteiger partial charge in [0.2, 0.25) is 0 Å². The van der Waals surface area contributed by atoms with E-state index in [1.807, 2.05) is 26.0 Å². The third-order valence-electron chi connectivity index (χ3n) is 6.71. The van der Waals surface area contributed by atoms with Gasteiger partial charge in [-0.1, -0.05) is 0 Å². The molecule has 2 aromatic heterocycles. The van der Waals surface area contributed by atoms with Gasteiger partial charge in [-0.05, 0) is 56.7 Å². The van der Waals surface area contributed by atoms with Crippen LogP contribution < -0.4 is 0 Å². The lowest BCUT2D eigenvalue weighted by Gasteiger charge is -2.27. The number of nitrogens with one attached hydrogen (secondary N) is 1. The number of methoxy groups -OCH3 is 2. The number of rotatable bonds is 6. The number of ether oxygens (including phenoxy) is 2. The van der Waals surface area contributed by atoms with Crippen LogP contribution in [0.1, 0.15) is 51.5 Å². The minimum atomic E-state index is -0.405. The Morgan fingerprint density at radius 1 is 1.26 bits per heavy atom. The second kappa shape index (κ2) is 9.80. The zero-order chi connectivity index (χ0) is 25.3. The topological polar surface area (TPSA) is 100 Å². The van der Waals surface area contributed by atoms with Gasteiger partial charge in [-0.15, -0.1) is 0 Å². The molecule has 4 rings (SSSR count). The van der Waals surface area contributed by atoms with Gasteiger partial charge in [-0.25, -0.2) is 4.79 Å². The first-order valence-electron chi connectivity index (χ1n) is 11.6. The van der Waals surface area contributed by atoms with E-state index in [-0.39, 0.29) is 17.5 Å². The van der Waals surface area contributed by atoms with Gasteiger partial charge in [0, 0.05) is 60.2 Å². The fourth-order valence-electron chi connectivity index (χ4n) is 5.04. The quantitative estimate of drug-likeness (QED) is 0.330. The van der Waals surface area contributed by atoms with Crippen molar-refractivity contribution in [1.29, 1.82) is 5.26 Å². The molecule has 1 amide bonds. The molecule has 1 aromatic carbocycles. The van der Waals surface area contributed by atoms with Gasteiger partial charge in [0.25, 0.3) is 5.91 Å². The highest BCUT2D eigenvalue weighted by Gasteiger charge is 2.27. The number of hydrogen-bond donors (Lipinski definition) is 1. The van der Waals surface area contributed by atoms with Crippen LogP contribution in [0.5, 0.6) is 0 Å². The van der Waals surface area contributed by atoms with E-state index in [1.165, 1.54) is 7.11 Å². The van der Waals surface area contributed by atoms with Crippen LogP contribution in [-0.4, -0.2) is 53.7 Å². The summed E-state index contributed by atoms with van der Waals surface area (Å²) in [4.78, 5) is 30.5. The molecule has 0 bridgehead atoms. The van der Waals surface area contributed by atoms with E-state index in [2.05, 4.69) is 22.5 Å². The highest BCUT2D eigenvalue weighted by Crippen LogP contribution is 2.30. The van der Waals surface area contributed by atoms with Crippen molar-refractivity contribution < 1.29 is 19.1 Å². The third kappa shape index (κ3) is 4.47. The summed E-state index contributed by atoms with van der Waals surface area (Å²) in [5.74, 6) is -0.705.